The molecule has 1 saturated heterocycles. The number of nitrogens with one attached hydrogen (secondary N) is 2. The third-order valence-electron chi connectivity index (χ3n) is 4.18. The highest BCUT2D eigenvalue weighted by molar-refractivity contribution is 5.91. The molecule has 7 heteroatoms. The molecule has 3 heterocycles. The van der Waals surface area contributed by atoms with E-state index in [9.17, 15) is 4.79 Å². The molecule has 0 unspecified atom stereocenters. The largest absolute Gasteiger partial charge is 0.465 e. The maximum atomic E-state index is 11.8. The van der Waals surface area contributed by atoms with E-state index in [1.54, 1.807) is 24.5 Å². The molecule has 26 heavy (non-hydrogen) atoms. The van der Waals surface area contributed by atoms with Crippen LogP contribution in [0, 0.1) is 6.92 Å². The fraction of sp³-hybridized carbons (Fsp3) is 0.421. The molecule has 1 aliphatic rings. The highest BCUT2D eigenvalue weighted by Gasteiger charge is 2.13. The van der Waals surface area contributed by atoms with E-state index in [-0.39, 0.29) is 5.91 Å². The first-order valence-corrected chi connectivity index (χ1v) is 9.04. The number of hydrogen-bond donors (Lipinski definition) is 2. The Hall–Kier alpha value is -2.83. The summed E-state index contributed by atoms with van der Waals surface area (Å²) in [7, 11) is 0. The Kier molecular flexibility index (Phi) is 6.24. The molecule has 0 spiro atoms. The normalized spacial score (nSPS) is 14.6. The monoisotopic (exact) mass is 355 g/mol. The van der Waals surface area contributed by atoms with Crippen molar-refractivity contribution in [3.05, 3.63) is 42.1 Å². The smallest absolute Gasteiger partial charge is 0.244 e. The summed E-state index contributed by atoms with van der Waals surface area (Å²) >= 11 is 0. The van der Waals surface area contributed by atoms with Crippen molar-refractivity contribution in [2.75, 3.05) is 36.4 Å². The van der Waals surface area contributed by atoms with E-state index in [1.165, 1.54) is 25.3 Å². The lowest BCUT2D eigenvalue weighted by Gasteiger charge is -2.28. The van der Waals surface area contributed by atoms with Crippen LogP contribution in [0.15, 0.2) is 35.0 Å². The van der Waals surface area contributed by atoms with Crippen LogP contribution < -0.4 is 15.5 Å². The molecule has 0 saturated carbocycles. The van der Waals surface area contributed by atoms with Crippen LogP contribution in [-0.2, 0) is 4.79 Å². The van der Waals surface area contributed by atoms with Crippen molar-refractivity contribution >= 4 is 23.6 Å². The van der Waals surface area contributed by atoms with E-state index in [2.05, 4.69) is 25.5 Å². The SMILES string of the molecule is Cc1nc(NCCNC(=O)/C=C/c2ccco2)cc(N2CCCCC2)n1. The summed E-state index contributed by atoms with van der Waals surface area (Å²) in [6, 6.07) is 5.56. The lowest BCUT2D eigenvalue weighted by atomic mass is 10.1. The molecule has 3 rings (SSSR count). The van der Waals surface area contributed by atoms with Crippen molar-refractivity contribution < 1.29 is 9.21 Å². The molecule has 0 aromatic carbocycles. The number of furan rings is 1. The Morgan fingerprint density at radius 2 is 2.12 bits per heavy atom. The summed E-state index contributed by atoms with van der Waals surface area (Å²) in [5.41, 5.74) is 0. The highest BCUT2D eigenvalue weighted by Crippen LogP contribution is 2.20. The van der Waals surface area contributed by atoms with Gasteiger partial charge in [-0.3, -0.25) is 4.79 Å². The Bertz CT molecular complexity index is 736. The molecule has 0 aliphatic carbocycles. The number of amides is 1. The minimum atomic E-state index is -0.156. The van der Waals surface area contributed by atoms with Crippen LogP contribution in [0.5, 0.6) is 0 Å². The van der Waals surface area contributed by atoms with Crippen molar-refractivity contribution in [3.8, 4) is 0 Å². The fourth-order valence-electron chi connectivity index (χ4n) is 2.91. The molecule has 2 aromatic heterocycles. The van der Waals surface area contributed by atoms with Gasteiger partial charge in [-0.25, -0.2) is 9.97 Å². The van der Waals surface area contributed by atoms with Crippen LogP contribution in [-0.4, -0.2) is 42.1 Å². The highest BCUT2D eigenvalue weighted by atomic mass is 16.3. The van der Waals surface area contributed by atoms with Gasteiger partial charge in [0, 0.05) is 38.3 Å². The number of carbonyl (C=O) groups excluding carboxylic acids is 1. The van der Waals surface area contributed by atoms with Crippen LogP contribution in [0.25, 0.3) is 6.08 Å². The van der Waals surface area contributed by atoms with Crippen LogP contribution in [0.3, 0.4) is 0 Å². The van der Waals surface area contributed by atoms with Gasteiger partial charge >= 0.3 is 0 Å². The Balaban J connectivity index is 1.45. The first kappa shape index (κ1) is 18.0. The summed E-state index contributed by atoms with van der Waals surface area (Å²) in [4.78, 5) is 23.1. The lowest BCUT2D eigenvalue weighted by molar-refractivity contribution is -0.116. The van der Waals surface area contributed by atoms with E-state index in [1.807, 2.05) is 13.0 Å². The number of carbonyl (C=O) groups is 1. The molecule has 7 nitrogen and oxygen atoms in total. The predicted octanol–water partition coefficient (Wildman–Crippen LogP) is 2.61. The van der Waals surface area contributed by atoms with E-state index in [0.717, 1.165) is 30.5 Å². The molecule has 0 radical (unpaired) electrons. The minimum Gasteiger partial charge on any atom is -0.465 e. The van der Waals surface area contributed by atoms with Gasteiger partial charge in [-0.1, -0.05) is 0 Å². The van der Waals surface area contributed by atoms with Crippen molar-refractivity contribution in [1.29, 1.82) is 0 Å². The van der Waals surface area contributed by atoms with Gasteiger partial charge in [-0.15, -0.1) is 0 Å². The standard InChI is InChI=1S/C19H25N5O2/c1-15-22-17(14-18(23-15)24-11-3-2-4-12-24)20-9-10-21-19(25)8-7-16-6-5-13-26-16/h5-8,13-14H,2-4,9-12H2,1H3,(H,21,25)(H,20,22,23)/b8-7+. The van der Waals surface area contributed by atoms with E-state index >= 15 is 0 Å². The molecule has 138 valence electrons. The van der Waals surface area contributed by atoms with Gasteiger partial charge in [0.2, 0.25) is 5.91 Å². The van der Waals surface area contributed by atoms with Crippen LogP contribution in [0.4, 0.5) is 11.6 Å². The lowest BCUT2D eigenvalue weighted by Crippen LogP contribution is -2.30. The zero-order valence-electron chi connectivity index (χ0n) is 15.1. The van der Waals surface area contributed by atoms with Crippen molar-refractivity contribution in [1.82, 2.24) is 15.3 Å². The van der Waals surface area contributed by atoms with Gasteiger partial charge in [0.05, 0.1) is 6.26 Å². The molecular formula is C19H25N5O2. The average Bonchev–Trinajstić information content (AvgIpc) is 3.17. The zero-order valence-corrected chi connectivity index (χ0v) is 15.1. The van der Waals surface area contributed by atoms with Gasteiger partial charge < -0.3 is 20.0 Å². The molecule has 2 N–H and O–H groups in total. The predicted molar refractivity (Wildman–Crippen MR) is 102 cm³/mol. The second-order valence-electron chi connectivity index (χ2n) is 6.27. The molecule has 0 atom stereocenters. The number of aryl methyl sites for hydroxylation is 1. The summed E-state index contributed by atoms with van der Waals surface area (Å²) in [6.45, 7) is 5.10. The second kappa shape index (κ2) is 9.03. The van der Waals surface area contributed by atoms with E-state index in [4.69, 9.17) is 4.42 Å². The van der Waals surface area contributed by atoms with E-state index < -0.39 is 0 Å². The van der Waals surface area contributed by atoms with Crippen LogP contribution >= 0.6 is 0 Å². The summed E-state index contributed by atoms with van der Waals surface area (Å²) in [5, 5.41) is 6.08. The molecule has 0 bridgehead atoms. The third kappa shape index (κ3) is 5.34. The molecular weight excluding hydrogens is 330 g/mol. The number of hydrogen-bond acceptors (Lipinski definition) is 6. The average molecular weight is 355 g/mol. The molecule has 1 aliphatic heterocycles. The zero-order chi connectivity index (χ0) is 18.2. The van der Waals surface area contributed by atoms with Crippen LogP contribution in [0.1, 0.15) is 30.8 Å². The van der Waals surface area contributed by atoms with Crippen molar-refractivity contribution in [3.63, 3.8) is 0 Å². The van der Waals surface area contributed by atoms with Crippen LogP contribution in [0.2, 0.25) is 0 Å². The molecule has 1 fully saturated rings. The molecule has 2 aromatic rings. The second-order valence-corrected chi connectivity index (χ2v) is 6.27. The summed E-state index contributed by atoms with van der Waals surface area (Å²) in [6.07, 6.45) is 8.39. The quantitative estimate of drug-likeness (QED) is 0.587. The number of aromatic nitrogens is 2. The summed E-state index contributed by atoms with van der Waals surface area (Å²) < 4.78 is 5.14. The first-order valence-electron chi connectivity index (χ1n) is 9.04. The first-order chi connectivity index (χ1) is 12.7. The number of nitrogens with zero attached hydrogens (tertiary/aromatic N) is 3. The summed E-state index contributed by atoms with van der Waals surface area (Å²) in [5.74, 6) is 3.01. The molecule has 1 amide bonds. The van der Waals surface area contributed by atoms with Gasteiger partial charge in [-0.2, -0.15) is 0 Å². The maximum Gasteiger partial charge on any atom is 0.244 e. The van der Waals surface area contributed by atoms with Crippen molar-refractivity contribution in [2.45, 2.75) is 26.2 Å². The van der Waals surface area contributed by atoms with Gasteiger partial charge in [-0.05, 0) is 44.4 Å². The number of rotatable bonds is 7. The van der Waals surface area contributed by atoms with E-state index in [0.29, 0.717) is 18.8 Å². The fourth-order valence-corrected chi connectivity index (χ4v) is 2.91. The topological polar surface area (TPSA) is 83.3 Å². The van der Waals surface area contributed by atoms with Gasteiger partial charge in [0.1, 0.15) is 23.2 Å². The third-order valence-corrected chi connectivity index (χ3v) is 4.18. The van der Waals surface area contributed by atoms with Gasteiger partial charge in [0.15, 0.2) is 0 Å². The maximum absolute atomic E-state index is 11.8. The minimum absolute atomic E-state index is 0.156. The Morgan fingerprint density at radius 3 is 2.88 bits per heavy atom. The number of piperidine rings is 1. The van der Waals surface area contributed by atoms with Crippen molar-refractivity contribution in [2.24, 2.45) is 0 Å². The Morgan fingerprint density at radius 1 is 1.27 bits per heavy atom. The Labute approximate surface area is 153 Å². The number of anilines is 2. The van der Waals surface area contributed by atoms with Gasteiger partial charge in [0.25, 0.3) is 0 Å².